The minimum absolute atomic E-state index is 0.700. The number of nitriles is 1. The van der Waals surface area contributed by atoms with Crippen LogP contribution in [0.15, 0.2) is 24.3 Å². The summed E-state index contributed by atoms with van der Waals surface area (Å²) in [6, 6.07) is 9.44. The first kappa shape index (κ1) is 7.21. The van der Waals surface area contributed by atoms with Crippen molar-refractivity contribution in [3.63, 3.8) is 0 Å². The van der Waals surface area contributed by atoms with Crippen molar-refractivity contribution in [3.8, 4) is 6.07 Å². The van der Waals surface area contributed by atoms with Crippen molar-refractivity contribution in [1.82, 2.24) is 0 Å². The molecule has 2 heteroatoms. The van der Waals surface area contributed by atoms with E-state index in [1.165, 1.54) is 0 Å². The summed E-state index contributed by atoms with van der Waals surface area (Å²) in [5, 5.41) is 8.43. The molecule has 0 saturated heterocycles. The molecular weight excluding hydrogens is 189 g/mol. The molecule has 1 nitrogen and oxygen atoms in total. The Morgan fingerprint density at radius 2 is 1.90 bits per heavy atom. The van der Waals surface area contributed by atoms with Gasteiger partial charge in [0, 0.05) is 0 Å². The Morgan fingerprint density at radius 3 is 2.30 bits per heavy atom. The monoisotopic (exact) mass is 195 g/mol. The van der Waals surface area contributed by atoms with Gasteiger partial charge in [-0.05, 0) is 0 Å². The standard InChI is InChI=1S/C8H5NSe/c9-5-7-1-3-8(6-10)4-2-7/h1-4,6H. The SMILES string of the molecule is N#Cc1ccc(C=[Se])cc1. The number of hydrogen-bond donors (Lipinski definition) is 0. The Morgan fingerprint density at radius 1 is 1.30 bits per heavy atom. The van der Waals surface area contributed by atoms with Gasteiger partial charge in [0.1, 0.15) is 0 Å². The molecule has 0 unspecified atom stereocenters. The predicted molar refractivity (Wildman–Crippen MR) is 42.1 cm³/mol. The number of rotatable bonds is 1. The van der Waals surface area contributed by atoms with E-state index in [4.69, 9.17) is 5.26 Å². The molecule has 0 saturated carbocycles. The maximum atomic E-state index is 8.43. The van der Waals surface area contributed by atoms with Crippen LogP contribution in [0.2, 0.25) is 0 Å². The minimum atomic E-state index is 0.700. The summed E-state index contributed by atoms with van der Waals surface area (Å²) in [5.74, 6) is 0. The molecule has 0 aromatic heterocycles. The molecule has 1 aromatic carbocycles. The molecule has 0 radical (unpaired) electrons. The van der Waals surface area contributed by atoms with Crippen LogP contribution in [0.4, 0.5) is 0 Å². The van der Waals surface area contributed by atoms with Crippen LogP contribution in [0.25, 0.3) is 0 Å². The Bertz CT molecular complexity index is 268. The van der Waals surface area contributed by atoms with Gasteiger partial charge < -0.3 is 0 Å². The van der Waals surface area contributed by atoms with Crippen LogP contribution >= 0.6 is 0 Å². The number of nitrogens with zero attached hydrogens (tertiary/aromatic N) is 1. The Balaban J connectivity index is 3.04. The van der Waals surface area contributed by atoms with Gasteiger partial charge >= 0.3 is 67.2 Å². The summed E-state index contributed by atoms with van der Waals surface area (Å²) >= 11 is 2.79. The molecule has 0 aliphatic heterocycles. The second-order valence-corrected chi connectivity index (χ2v) is 2.35. The van der Waals surface area contributed by atoms with E-state index in [1.807, 2.05) is 17.1 Å². The fourth-order valence-electron chi connectivity index (χ4n) is 0.636. The Kier molecular flexibility index (Phi) is 2.39. The van der Waals surface area contributed by atoms with E-state index in [1.54, 1.807) is 12.1 Å². The Hall–Kier alpha value is -0.901. The van der Waals surface area contributed by atoms with E-state index in [9.17, 15) is 0 Å². The van der Waals surface area contributed by atoms with Crippen molar-refractivity contribution in [1.29, 1.82) is 5.26 Å². The zero-order chi connectivity index (χ0) is 7.40. The second-order valence-electron chi connectivity index (χ2n) is 1.85. The predicted octanol–water partition coefficient (Wildman–Crippen LogP) is 0.877. The molecule has 0 N–H and O–H groups in total. The van der Waals surface area contributed by atoms with Gasteiger partial charge in [-0.2, -0.15) is 0 Å². The van der Waals surface area contributed by atoms with Gasteiger partial charge in [-0.15, -0.1) is 0 Å². The van der Waals surface area contributed by atoms with Gasteiger partial charge in [-0.3, -0.25) is 0 Å². The third-order valence-electron chi connectivity index (χ3n) is 1.18. The zero-order valence-electron chi connectivity index (χ0n) is 5.24. The topological polar surface area (TPSA) is 23.8 Å². The molecule has 0 fully saturated rings. The molecule has 0 bridgehead atoms. The molecule has 0 aliphatic rings. The van der Waals surface area contributed by atoms with Crippen LogP contribution in [0.1, 0.15) is 11.1 Å². The average molecular weight is 194 g/mol. The maximum absolute atomic E-state index is 8.43. The molecule has 0 aliphatic carbocycles. The zero-order valence-corrected chi connectivity index (χ0v) is 6.96. The average Bonchev–Trinajstić information content (AvgIpc) is 2.05. The van der Waals surface area contributed by atoms with Gasteiger partial charge in [-0.25, -0.2) is 0 Å². The van der Waals surface area contributed by atoms with Crippen molar-refractivity contribution < 1.29 is 0 Å². The number of benzene rings is 1. The van der Waals surface area contributed by atoms with Crippen LogP contribution in [-0.2, 0) is 0 Å². The second kappa shape index (κ2) is 3.31. The van der Waals surface area contributed by atoms with Gasteiger partial charge in [0.25, 0.3) is 0 Å². The number of hydrogen-bond acceptors (Lipinski definition) is 1. The van der Waals surface area contributed by atoms with Crippen molar-refractivity contribution >= 4 is 20.5 Å². The Labute approximate surface area is 67.7 Å². The van der Waals surface area contributed by atoms with E-state index in [-0.39, 0.29) is 0 Å². The van der Waals surface area contributed by atoms with E-state index in [0.717, 1.165) is 5.56 Å². The van der Waals surface area contributed by atoms with Gasteiger partial charge in [0.2, 0.25) is 0 Å². The molecule has 0 heterocycles. The summed E-state index contributed by atoms with van der Waals surface area (Å²) in [5.41, 5.74) is 1.80. The summed E-state index contributed by atoms with van der Waals surface area (Å²) in [6.07, 6.45) is 0. The fraction of sp³-hybridized carbons (Fsp3) is 0. The summed E-state index contributed by atoms with van der Waals surface area (Å²) < 4.78 is 0. The molecule has 0 spiro atoms. The normalized spacial score (nSPS) is 8.30. The molecule has 0 atom stereocenters. The van der Waals surface area contributed by atoms with E-state index >= 15 is 0 Å². The third-order valence-corrected chi connectivity index (χ3v) is 1.75. The van der Waals surface area contributed by atoms with Crippen molar-refractivity contribution in [3.05, 3.63) is 35.4 Å². The first-order chi connectivity index (χ1) is 4.86. The van der Waals surface area contributed by atoms with Crippen LogP contribution in [0.5, 0.6) is 0 Å². The van der Waals surface area contributed by atoms with Gasteiger partial charge in [0.15, 0.2) is 0 Å². The van der Waals surface area contributed by atoms with Crippen LogP contribution in [0.3, 0.4) is 0 Å². The van der Waals surface area contributed by atoms with E-state index in [0.29, 0.717) is 5.56 Å². The summed E-state index contributed by atoms with van der Waals surface area (Å²) in [6.45, 7) is 0. The van der Waals surface area contributed by atoms with Crippen LogP contribution in [-0.4, -0.2) is 20.5 Å². The van der Waals surface area contributed by atoms with Crippen LogP contribution in [0, 0.1) is 11.3 Å². The van der Waals surface area contributed by atoms with Crippen LogP contribution < -0.4 is 0 Å². The summed E-state index contributed by atoms with van der Waals surface area (Å²) in [7, 11) is 0. The third kappa shape index (κ3) is 1.54. The molecular formula is C8H5NSe. The van der Waals surface area contributed by atoms with Gasteiger partial charge in [-0.1, -0.05) is 0 Å². The summed E-state index contributed by atoms with van der Waals surface area (Å²) in [4.78, 5) is 1.88. The molecule has 0 amide bonds. The van der Waals surface area contributed by atoms with Gasteiger partial charge in [0.05, 0.1) is 0 Å². The fourth-order valence-corrected chi connectivity index (χ4v) is 0.966. The van der Waals surface area contributed by atoms with Crippen molar-refractivity contribution in [2.75, 3.05) is 0 Å². The molecule has 10 heavy (non-hydrogen) atoms. The van der Waals surface area contributed by atoms with Crippen molar-refractivity contribution in [2.24, 2.45) is 0 Å². The van der Waals surface area contributed by atoms with Crippen molar-refractivity contribution in [2.45, 2.75) is 0 Å². The van der Waals surface area contributed by atoms with E-state index in [2.05, 4.69) is 21.6 Å². The quantitative estimate of drug-likeness (QED) is 0.608. The molecule has 1 rings (SSSR count). The first-order valence-corrected chi connectivity index (χ1v) is 3.81. The van der Waals surface area contributed by atoms with E-state index < -0.39 is 0 Å². The molecule has 48 valence electrons. The molecule has 1 aromatic rings. The first-order valence-electron chi connectivity index (χ1n) is 2.82.